The van der Waals surface area contributed by atoms with E-state index in [4.69, 9.17) is 0 Å². The van der Waals surface area contributed by atoms with E-state index in [0.29, 0.717) is 6.54 Å². The van der Waals surface area contributed by atoms with Crippen molar-refractivity contribution in [1.29, 1.82) is 0 Å². The van der Waals surface area contributed by atoms with E-state index in [1.165, 1.54) is 5.56 Å². The van der Waals surface area contributed by atoms with Crippen molar-refractivity contribution in [2.75, 3.05) is 32.7 Å². The van der Waals surface area contributed by atoms with Gasteiger partial charge in [-0.3, -0.25) is 9.69 Å². The van der Waals surface area contributed by atoms with Crippen LogP contribution in [-0.4, -0.2) is 59.6 Å². The van der Waals surface area contributed by atoms with Crippen molar-refractivity contribution in [3.05, 3.63) is 34.9 Å². The molecule has 20 heavy (non-hydrogen) atoms. The Morgan fingerprint density at radius 1 is 1.20 bits per heavy atom. The van der Waals surface area contributed by atoms with Crippen LogP contribution in [0.4, 0.5) is 0 Å². The monoisotopic (exact) mass is 276 g/mol. The van der Waals surface area contributed by atoms with Crippen molar-refractivity contribution in [3.63, 3.8) is 0 Å². The molecule has 1 aromatic carbocycles. The highest BCUT2D eigenvalue weighted by atomic mass is 16.3. The first-order chi connectivity index (χ1) is 9.47. The van der Waals surface area contributed by atoms with Crippen molar-refractivity contribution in [2.24, 2.45) is 0 Å². The van der Waals surface area contributed by atoms with Gasteiger partial charge in [0.2, 0.25) is 0 Å². The Labute approximate surface area is 121 Å². The Balaban J connectivity index is 1.96. The molecule has 1 aliphatic rings. The highest BCUT2D eigenvalue weighted by Gasteiger charge is 2.22. The lowest BCUT2D eigenvalue weighted by Crippen LogP contribution is -2.50. The lowest BCUT2D eigenvalue weighted by molar-refractivity contribution is 0.0554. The summed E-state index contributed by atoms with van der Waals surface area (Å²) in [5.41, 5.74) is 3.14. The largest absolute Gasteiger partial charge is 0.392 e. The normalized spacial score (nSPS) is 18.1. The fraction of sp³-hybridized carbons (Fsp3) is 0.562. The van der Waals surface area contributed by atoms with Crippen LogP contribution in [0, 0.1) is 13.8 Å². The van der Waals surface area contributed by atoms with E-state index in [9.17, 15) is 9.90 Å². The zero-order chi connectivity index (χ0) is 14.7. The Morgan fingerprint density at radius 2 is 1.85 bits per heavy atom. The van der Waals surface area contributed by atoms with Crippen LogP contribution in [0.2, 0.25) is 0 Å². The molecule has 110 valence electrons. The van der Waals surface area contributed by atoms with E-state index < -0.39 is 0 Å². The van der Waals surface area contributed by atoms with Crippen LogP contribution in [-0.2, 0) is 0 Å². The third kappa shape index (κ3) is 3.58. The standard InChI is InChI=1S/C16H24N2O2/c1-12-4-5-15(10-13(12)2)16(20)18-8-6-17(7-9-18)11-14(3)19/h4-5,10,14,19H,6-9,11H2,1-3H3. The number of benzene rings is 1. The van der Waals surface area contributed by atoms with Crippen molar-refractivity contribution in [2.45, 2.75) is 26.9 Å². The summed E-state index contributed by atoms with van der Waals surface area (Å²) in [5, 5.41) is 9.39. The zero-order valence-corrected chi connectivity index (χ0v) is 12.6. The van der Waals surface area contributed by atoms with E-state index in [1.807, 2.05) is 30.0 Å². The molecule has 0 saturated carbocycles. The van der Waals surface area contributed by atoms with Gasteiger partial charge < -0.3 is 10.0 Å². The number of carbonyl (C=O) groups is 1. The van der Waals surface area contributed by atoms with E-state index in [-0.39, 0.29) is 12.0 Å². The van der Waals surface area contributed by atoms with Crippen LogP contribution >= 0.6 is 0 Å². The number of aryl methyl sites for hydroxylation is 2. The number of piperazine rings is 1. The molecule has 1 atom stereocenters. The molecule has 0 aliphatic carbocycles. The first-order valence-electron chi connectivity index (χ1n) is 7.24. The molecule has 1 N–H and O–H groups in total. The summed E-state index contributed by atoms with van der Waals surface area (Å²) in [6.45, 7) is 9.71. The first-order valence-corrected chi connectivity index (χ1v) is 7.24. The van der Waals surface area contributed by atoms with Gasteiger partial charge in [0, 0.05) is 38.3 Å². The van der Waals surface area contributed by atoms with Crippen molar-refractivity contribution >= 4 is 5.91 Å². The minimum atomic E-state index is -0.308. The van der Waals surface area contributed by atoms with Gasteiger partial charge in [0.1, 0.15) is 0 Å². The summed E-state index contributed by atoms with van der Waals surface area (Å²) < 4.78 is 0. The quantitative estimate of drug-likeness (QED) is 0.908. The molecule has 1 saturated heterocycles. The molecule has 1 unspecified atom stereocenters. The minimum absolute atomic E-state index is 0.116. The summed E-state index contributed by atoms with van der Waals surface area (Å²) in [5.74, 6) is 0.116. The molecule has 1 heterocycles. The Kier molecular flexibility index (Phi) is 4.78. The Hall–Kier alpha value is -1.39. The average molecular weight is 276 g/mol. The van der Waals surface area contributed by atoms with Crippen LogP contribution in [0.25, 0.3) is 0 Å². The number of amides is 1. The number of nitrogens with zero attached hydrogens (tertiary/aromatic N) is 2. The van der Waals surface area contributed by atoms with Crippen molar-refractivity contribution < 1.29 is 9.90 Å². The van der Waals surface area contributed by atoms with E-state index >= 15 is 0 Å². The molecule has 1 aliphatic heterocycles. The molecule has 0 radical (unpaired) electrons. The summed E-state index contributed by atoms with van der Waals surface area (Å²) in [7, 11) is 0. The molecular formula is C16H24N2O2. The molecule has 2 rings (SSSR count). The number of aliphatic hydroxyl groups is 1. The van der Waals surface area contributed by atoms with E-state index in [2.05, 4.69) is 11.8 Å². The second-order valence-corrected chi connectivity index (χ2v) is 5.74. The molecule has 0 bridgehead atoms. The SMILES string of the molecule is Cc1ccc(C(=O)N2CCN(CC(C)O)CC2)cc1C. The number of β-amino-alcohol motifs (C(OH)–C–C–N with tert-alkyl or cyclic N) is 1. The fourth-order valence-corrected chi connectivity index (χ4v) is 2.56. The molecule has 4 heteroatoms. The summed E-state index contributed by atoms with van der Waals surface area (Å²) in [4.78, 5) is 16.6. The molecule has 1 fully saturated rings. The summed E-state index contributed by atoms with van der Waals surface area (Å²) >= 11 is 0. The molecule has 0 spiro atoms. The zero-order valence-electron chi connectivity index (χ0n) is 12.6. The van der Waals surface area contributed by atoms with Crippen LogP contribution in [0.1, 0.15) is 28.4 Å². The lowest BCUT2D eigenvalue weighted by atomic mass is 10.1. The van der Waals surface area contributed by atoms with Crippen LogP contribution in [0.3, 0.4) is 0 Å². The van der Waals surface area contributed by atoms with E-state index in [0.717, 1.165) is 37.3 Å². The van der Waals surface area contributed by atoms with E-state index in [1.54, 1.807) is 6.92 Å². The van der Waals surface area contributed by atoms with Gasteiger partial charge in [-0.05, 0) is 44.0 Å². The van der Waals surface area contributed by atoms with Gasteiger partial charge in [0.25, 0.3) is 5.91 Å². The van der Waals surface area contributed by atoms with Crippen LogP contribution < -0.4 is 0 Å². The molecule has 1 aromatic rings. The summed E-state index contributed by atoms with van der Waals surface area (Å²) in [6, 6.07) is 5.89. The number of aliphatic hydroxyl groups excluding tert-OH is 1. The predicted molar refractivity (Wildman–Crippen MR) is 79.9 cm³/mol. The maximum Gasteiger partial charge on any atom is 0.253 e. The van der Waals surface area contributed by atoms with Gasteiger partial charge >= 0.3 is 0 Å². The van der Waals surface area contributed by atoms with Crippen molar-refractivity contribution in [3.8, 4) is 0 Å². The highest BCUT2D eigenvalue weighted by molar-refractivity contribution is 5.94. The molecule has 0 aromatic heterocycles. The highest BCUT2D eigenvalue weighted by Crippen LogP contribution is 2.13. The van der Waals surface area contributed by atoms with Gasteiger partial charge in [0.15, 0.2) is 0 Å². The topological polar surface area (TPSA) is 43.8 Å². The van der Waals surface area contributed by atoms with Crippen LogP contribution in [0.15, 0.2) is 18.2 Å². The van der Waals surface area contributed by atoms with Gasteiger partial charge in [-0.25, -0.2) is 0 Å². The van der Waals surface area contributed by atoms with Crippen LogP contribution in [0.5, 0.6) is 0 Å². The third-order valence-corrected chi connectivity index (χ3v) is 3.94. The fourth-order valence-electron chi connectivity index (χ4n) is 2.56. The molecular weight excluding hydrogens is 252 g/mol. The minimum Gasteiger partial charge on any atom is -0.392 e. The lowest BCUT2D eigenvalue weighted by Gasteiger charge is -2.35. The Morgan fingerprint density at radius 3 is 2.40 bits per heavy atom. The van der Waals surface area contributed by atoms with Gasteiger partial charge in [0.05, 0.1) is 6.10 Å². The second kappa shape index (κ2) is 6.37. The number of rotatable bonds is 3. The maximum absolute atomic E-state index is 12.5. The predicted octanol–water partition coefficient (Wildman–Crippen LogP) is 1.44. The number of hydrogen-bond acceptors (Lipinski definition) is 3. The molecule has 1 amide bonds. The number of carbonyl (C=O) groups excluding carboxylic acids is 1. The maximum atomic E-state index is 12.5. The molecule has 4 nitrogen and oxygen atoms in total. The van der Waals surface area contributed by atoms with Gasteiger partial charge in [-0.1, -0.05) is 6.07 Å². The second-order valence-electron chi connectivity index (χ2n) is 5.74. The van der Waals surface area contributed by atoms with Gasteiger partial charge in [-0.15, -0.1) is 0 Å². The first kappa shape index (κ1) is 15.0. The van der Waals surface area contributed by atoms with Gasteiger partial charge in [-0.2, -0.15) is 0 Å². The average Bonchev–Trinajstić information content (AvgIpc) is 2.41. The third-order valence-electron chi connectivity index (χ3n) is 3.94. The number of hydrogen-bond donors (Lipinski definition) is 1. The Bertz CT molecular complexity index is 477. The van der Waals surface area contributed by atoms with Crippen molar-refractivity contribution in [1.82, 2.24) is 9.80 Å². The summed E-state index contributed by atoms with van der Waals surface area (Å²) in [6.07, 6.45) is -0.308. The smallest absolute Gasteiger partial charge is 0.253 e.